The third-order valence-electron chi connectivity index (χ3n) is 3.44. The van der Waals surface area contributed by atoms with Gasteiger partial charge in [-0.1, -0.05) is 18.2 Å². The first kappa shape index (κ1) is 14.9. The van der Waals surface area contributed by atoms with E-state index in [2.05, 4.69) is 5.32 Å². The van der Waals surface area contributed by atoms with Crippen molar-refractivity contribution >= 4 is 23.6 Å². The van der Waals surface area contributed by atoms with Crippen LogP contribution in [-0.4, -0.2) is 28.3 Å². The maximum absolute atomic E-state index is 12.4. The lowest BCUT2D eigenvalue weighted by molar-refractivity contribution is -0.137. The Balaban J connectivity index is 2.01. The monoisotopic (exact) mass is 293 g/mol. The van der Waals surface area contributed by atoms with Gasteiger partial charge in [0.05, 0.1) is 5.92 Å². The highest BCUT2D eigenvalue weighted by atomic mass is 32.2. The van der Waals surface area contributed by atoms with Gasteiger partial charge in [-0.05, 0) is 31.9 Å². The lowest BCUT2D eigenvalue weighted by atomic mass is 9.95. The van der Waals surface area contributed by atoms with E-state index in [0.29, 0.717) is 6.42 Å². The van der Waals surface area contributed by atoms with E-state index >= 15 is 0 Å². The van der Waals surface area contributed by atoms with Crippen molar-refractivity contribution in [1.29, 1.82) is 0 Å². The van der Waals surface area contributed by atoms with Crippen LogP contribution in [0.15, 0.2) is 29.2 Å². The summed E-state index contributed by atoms with van der Waals surface area (Å²) in [5, 5.41) is 11.7. The maximum Gasteiger partial charge on any atom is 0.303 e. The number of amides is 1. The van der Waals surface area contributed by atoms with Gasteiger partial charge in [-0.15, -0.1) is 11.8 Å². The molecule has 1 atom stereocenters. The molecule has 0 saturated heterocycles. The minimum atomic E-state index is -0.839. The molecule has 2 rings (SSSR count). The Morgan fingerprint density at radius 3 is 2.80 bits per heavy atom. The van der Waals surface area contributed by atoms with E-state index in [-0.39, 0.29) is 18.2 Å². The fourth-order valence-electron chi connectivity index (χ4n) is 2.28. The number of thioether (sulfide) groups is 1. The number of nitrogens with one attached hydrogen (secondary N) is 1. The second kappa shape index (κ2) is 5.87. The van der Waals surface area contributed by atoms with Gasteiger partial charge in [-0.3, -0.25) is 9.59 Å². The molecule has 1 aliphatic heterocycles. The van der Waals surface area contributed by atoms with Gasteiger partial charge < -0.3 is 10.4 Å². The first-order chi connectivity index (χ1) is 9.39. The van der Waals surface area contributed by atoms with Gasteiger partial charge in [0, 0.05) is 22.6 Å². The predicted molar refractivity (Wildman–Crippen MR) is 79.0 cm³/mol. The molecule has 2 N–H and O–H groups in total. The first-order valence-electron chi connectivity index (χ1n) is 6.64. The number of carboxylic acids is 1. The van der Waals surface area contributed by atoms with E-state index in [1.807, 2.05) is 38.1 Å². The highest BCUT2D eigenvalue weighted by Gasteiger charge is 2.32. The highest BCUT2D eigenvalue weighted by Crippen LogP contribution is 2.39. The Morgan fingerprint density at radius 1 is 1.40 bits per heavy atom. The summed E-state index contributed by atoms with van der Waals surface area (Å²) in [4.78, 5) is 24.2. The quantitative estimate of drug-likeness (QED) is 0.876. The summed E-state index contributed by atoms with van der Waals surface area (Å²) in [5.74, 6) is -0.243. The minimum Gasteiger partial charge on any atom is -0.481 e. The largest absolute Gasteiger partial charge is 0.481 e. The smallest absolute Gasteiger partial charge is 0.303 e. The van der Waals surface area contributed by atoms with Crippen LogP contribution in [0.2, 0.25) is 0 Å². The number of carbonyl (C=O) groups is 2. The van der Waals surface area contributed by atoms with Crippen LogP contribution in [0.4, 0.5) is 0 Å². The molecule has 1 heterocycles. The second-order valence-electron chi connectivity index (χ2n) is 5.67. The van der Waals surface area contributed by atoms with Gasteiger partial charge in [0.1, 0.15) is 0 Å². The fourth-order valence-corrected chi connectivity index (χ4v) is 3.51. The van der Waals surface area contributed by atoms with E-state index < -0.39 is 11.5 Å². The molecular formula is C15H19NO3S. The number of hydrogen-bond acceptors (Lipinski definition) is 3. The van der Waals surface area contributed by atoms with Crippen molar-refractivity contribution in [2.24, 2.45) is 0 Å². The van der Waals surface area contributed by atoms with Crippen LogP contribution in [0.1, 0.15) is 38.2 Å². The van der Waals surface area contributed by atoms with Crippen LogP contribution in [0.25, 0.3) is 0 Å². The van der Waals surface area contributed by atoms with Gasteiger partial charge >= 0.3 is 5.97 Å². The molecule has 108 valence electrons. The zero-order chi connectivity index (χ0) is 14.8. The molecule has 0 aromatic heterocycles. The van der Waals surface area contributed by atoms with Crippen LogP contribution in [0.3, 0.4) is 0 Å². The molecule has 20 heavy (non-hydrogen) atoms. The van der Waals surface area contributed by atoms with E-state index in [1.54, 1.807) is 11.8 Å². The Labute approximate surface area is 123 Å². The molecule has 1 aromatic rings. The molecule has 0 saturated carbocycles. The van der Waals surface area contributed by atoms with Gasteiger partial charge in [0.15, 0.2) is 0 Å². The van der Waals surface area contributed by atoms with E-state index in [1.165, 1.54) is 0 Å². The maximum atomic E-state index is 12.4. The zero-order valence-corrected chi connectivity index (χ0v) is 12.5. The number of carboxylic acid groups (broad SMARTS) is 1. The summed E-state index contributed by atoms with van der Waals surface area (Å²) in [7, 11) is 0. The molecule has 4 nitrogen and oxygen atoms in total. The molecule has 1 aromatic carbocycles. The third kappa shape index (κ3) is 3.54. The molecule has 1 amide bonds. The minimum absolute atomic E-state index is 0.0159. The van der Waals surface area contributed by atoms with Gasteiger partial charge in [-0.2, -0.15) is 0 Å². The van der Waals surface area contributed by atoms with Crippen molar-refractivity contribution in [3.8, 4) is 0 Å². The molecule has 0 radical (unpaired) electrons. The number of benzene rings is 1. The van der Waals surface area contributed by atoms with Crippen molar-refractivity contribution in [2.75, 3.05) is 5.75 Å². The van der Waals surface area contributed by atoms with Crippen LogP contribution in [0.5, 0.6) is 0 Å². The van der Waals surface area contributed by atoms with E-state index in [9.17, 15) is 9.59 Å². The van der Waals surface area contributed by atoms with E-state index in [0.717, 1.165) is 16.2 Å². The summed E-state index contributed by atoms with van der Waals surface area (Å²) in [6.45, 7) is 3.73. The zero-order valence-electron chi connectivity index (χ0n) is 11.7. The summed E-state index contributed by atoms with van der Waals surface area (Å²) >= 11 is 1.69. The normalized spacial score (nSPS) is 17.6. The van der Waals surface area contributed by atoms with Crippen LogP contribution < -0.4 is 5.32 Å². The van der Waals surface area contributed by atoms with Crippen LogP contribution in [0, 0.1) is 0 Å². The number of rotatable bonds is 5. The molecule has 1 unspecified atom stereocenters. The molecule has 0 aliphatic carbocycles. The average Bonchev–Trinajstić information content (AvgIpc) is 2.80. The Bertz CT molecular complexity index is 528. The number of aliphatic carboxylic acids is 1. The van der Waals surface area contributed by atoms with Crippen molar-refractivity contribution in [2.45, 2.75) is 43.0 Å². The third-order valence-corrected chi connectivity index (χ3v) is 4.62. The molecular weight excluding hydrogens is 274 g/mol. The summed E-state index contributed by atoms with van der Waals surface area (Å²) in [6, 6.07) is 7.94. The van der Waals surface area contributed by atoms with Gasteiger partial charge in [0.25, 0.3) is 0 Å². The van der Waals surface area contributed by atoms with Crippen molar-refractivity contribution in [1.82, 2.24) is 5.32 Å². The topological polar surface area (TPSA) is 66.4 Å². The van der Waals surface area contributed by atoms with Crippen molar-refractivity contribution in [3.05, 3.63) is 29.8 Å². The second-order valence-corrected chi connectivity index (χ2v) is 6.73. The first-order valence-corrected chi connectivity index (χ1v) is 7.63. The summed E-state index contributed by atoms with van der Waals surface area (Å²) in [5.41, 5.74) is 0.571. The average molecular weight is 293 g/mol. The summed E-state index contributed by atoms with van der Waals surface area (Å²) in [6.07, 6.45) is 0.485. The van der Waals surface area contributed by atoms with Crippen molar-refractivity contribution in [3.63, 3.8) is 0 Å². The Morgan fingerprint density at radius 2 is 2.10 bits per heavy atom. The van der Waals surface area contributed by atoms with Gasteiger partial charge in [0.2, 0.25) is 5.91 Å². The van der Waals surface area contributed by atoms with Crippen LogP contribution >= 0.6 is 11.8 Å². The lowest BCUT2D eigenvalue weighted by Crippen LogP contribution is -2.45. The van der Waals surface area contributed by atoms with E-state index in [4.69, 9.17) is 5.11 Å². The number of fused-ring (bicyclic) bond motifs is 1. The number of hydrogen-bond donors (Lipinski definition) is 2. The summed E-state index contributed by atoms with van der Waals surface area (Å²) < 4.78 is 0. The Kier molecular flexibility index (Phi) is 4.38. The number of carbonyl (C=O) groups excluding carboxylic acids is 1. The molecule has 5 heteroatoms. The molecule has 0 spiro atoms. The van der Waals surface area contributed by atoms with Gasteiger partial charge in [-0.25, -0.2) is 0 Å². The highest BCUT2D eigenvalue weighted by molar-refractivity contribution is 7.99. The predicted octanol–water partition coefficient (Wildman–Crippen LogP) is 2.64. The molecule has 0 fully saturated rings. The molecule has 1 aliphatic rings. The lowest BCUT2D eigenvalue weighted by Gasteiger charge is -2.27. The fraction of sp³-hybridized carbons (Fsp3) is 0.467. The standard InChI is InChI=1S/C15H19NO3S/c1-15(2,8-7-13(17)18)16-14(19)11-9-20-12-6-4-3-5-10(11)12/h3-6,11H,7-9H2,1-2H3,(H,16,19)(H,17,18). The SMILES string of the molecule is CC(C)(CCC(=O)O)NC(=O)C1CSc2ccccc21. The van der Waals surface area contributed by atoms with Crippen LogP contribution in [-0.2, 0) is 9.59 Å². The Hall–Kier alpha value is -1.49. The van der Waals surface area contributed by atoms with Crippen molar-refractivity contribution < 1.29 is 14.7 Å². The molecule has 0 bridgehead atoms.